The lowest BCUT2D eigenvalue weighted by Gasteiger charge is -1.94. The van der Waals surface area contributed by atoms with Gasteiger partial charge in [-0.2, -0.15) is 5.26 Å². The fourth-order valence-electron chi connectivity index (χ4n) is 0.883. The first-order valence-corrected chi connectivity index (χ1v) is 4.30. The van der Waals surface area contributed by atoms with E-state index in [4.69, 9.17) is 5.26 Å². The van der Waals surface area contributed by atoms with Gasteiger partial charge in [-0.3, -0.25) is 4.99 Å². The molecule has 0 N–H and O–H groups in total. The topological polar surface area (TPSA) is 36.1 Å². The van der Waals surface area contributed by atoms with E-state index >= 15 is 0 Å². The molecule has 66 valence electrons. The molecule has 0 amide bonds. The van der Waals surface area contributed by atoms with Crippen molar-refractivity contribution in [1.29, 1.82) is 5.26 Å². The lowest BCUT2D eigenvalue weighted by Crippen LogP contribution is -1.89. The number of hydrogen-bond acceptors (Lipinski definition) is 2. The second kappa shape index (κ2) is 5.10. The summed E-state index contributed by atoms with van der Waals surface area (Å²) in [6.45, 7) is 1.89. The normalized spacial score (nSPS) is 12.6. The Morgan fingerprint density at radius 1 is 1.46 bits per heavy atom. The molecule has 1 atom stereocenters. The van der Waals surface area contributed by atoms with Gasteiger partial charge in [-0.25, -0.2) is 0 Å². The average molecular weight is 172 g/mol. The Hall–Kier alpha value is -1.62. The van der Waals surface area contributed by atoms with Crippen molar-refractivity contribution in [2.75, 3.05) is 0 Å². The smallest absolute Gasteiger partial charge is 0.0656 e. The number of nitriles is 1. The van der Waals surface area contributed by atoms with Crippen molar-refractivity contribution in [2.45, 2.75) is 13.3 Å². The van der Waals surface area contributed by atoms with E-state index < -0.39 is 0 Å². The SMILES string of the molecule is CC(C#N)C/C=N\c1ccccc1. The van der Waals surface area contributed by atoms with Crippen LogP contribution in [-0.2, 0) is 0 Å². The Kier molecular flexibility index (Phi) is 3.72. The fraction of sp³-hybridized carbons (Fsp3) is 0.273. The summed E-state index contributed by atoms with van der Waals surface area (Å²) in [6, 6.07) is 11.9. The zero-order valence-electron chi connectivity index (χ0n) is 7.64. The summed E-state index contributed by atoms with van der Waals surface area (Å²) in [7, 11) is 0. The van der Waals surface area contributed by atoms with Gasteiger partial charge in [0.25, 0.3) is 0 Å². The van der Waals surface area contributed by atoms with Crippen LogP contribution < -0.4 is 0 Å². The zero-order chi connectivity index (χ0) is 9.52. The van der Waals surface area contributed by atoms with Crippen LogP contribution in [0.3, 0.4) is 0 Å². The highest BCUT2D eigenvalue weighted by atomic mass is 14.7. The summed E-state index contributed by atoms with van der Waals surface area (Å²) in [5, 5.41) is 8.52. The van der Waals surface area contributed by atoms with Crippen molar-refractivity contribution in [1.82, 2.24) is 0 Å². The number of nitrogens with zero attached hydrogens (tertiary/aromatic N) is 2. The molecule has 0 heterocycles. The van der Waals surface area contributed by atoms with Crippen molar-refractivity contribution >= 4 is 11.9 Å². The molecule has 0 aliphatic rings. The van der Waals surface area contributed by atoms with Crippen LogP contribution in [0.25, 0.3) is 0 Å². The number of hydrogen-bond donors (Lipinski definition) is 0. The summed E-state index contributed by atoms with van der Waals surface area (Å²) in [6.07, 6.45) is 2.51. The van der Waals surface area contributed by atoms with Crippen LogP contribution in [0.1, 0.15) is 13.3 Å². The maximum Gasteiger partial charge on any atom is 0.0656 e. The first-order chi connectivity index (χ1) is 6.33. The summed E-state index contributed by atoms with van der Waals surface area (Å²) in [5.41, 5.74) is 0.938. The van der Waals surface area contributed by atoms with Gasteiger partial charge >= 0.3 is 0 Å². The van der Waals surface area contributed by atoms with E-state index in [0.29, 0.717) is 6.42 Å². The van der Waals surface area contributed by atoms with Gasteiger partial charge in [0, 0.05) is 12.1 Å². The third-order valence-electron chi connectivity index (χ3n) is 1.68. The van der Waals surface area contributed by atoms with Gasteiger partial charge in [0.05, 0.1) is 11.8 Å². The highest BCUT2D eigenvalue weighted by molar-refractivity contribution is 5.63. The lowest BCUT2D eigenvalue weighted by atomic mass is 10.1. The molecule has 13 heavy (non-hydrogen) atoms. The zero-order valence-corrected chi connectivity index (χ0v) is 7.64. The van der Waals surface area contributed by atoms with Crippen LogP contribution in [0.4, 0.5) is 5.69 Å². The van der Waals surface area contributed by atoms with E-state index in [1.54, 1.807) is 6.21 Å². The molecule has 1 aromatic rings. The molecule has 0 spiro atoms. The van der Waals surface area contributed by atoms with Gasteiger partial charge in [-0.15, -0.1) is 0 Å². The van der Waals surface area contributed by atoms with Crippen LogP contribution in [0.15, 0.2) is 35.3 Å². The van der Waals surface area contributed by atoms with Crippen molar-refractivity contribution < 1.29 is 0 Å². The molecule has 0 fully saturated rings. The second-order valence-corrected chi connectivity index (χ2v) is 2.91. The van der Waals surface area contributed by atoms with Crippen molar-refractivity contribution in [2.24, 2.45) is 10.9 Å². The molecule has 0 radical (unpaired) electrons. The Labute approximate surface area is 78.5 Å². The molecular weight excluding hydrogens is 160 g/mol. The van der Waals surface area contributed by atoms with E-state index in [1.165, 1.54) is 0 Å². The number of para-hydroxylation sites is 1. The molecule has 1 unspecified atom stereocenters. The van der Waals surface area contributed by atoms with Gasteiger partial charge < -0.3 is 0 Å². The summed E-state index contributed by atoms with van der Waals surface area (Å²) < 4.78 is 0. The van der Waals surface area contributed by atoms with E-state index in [-0.39, 0.29) is 5.92 Å². The Bertz CT molecular complexity index is 309. The van der Waals surface area contributed by atoms with Gasteiger partial charge in [0.1, 0.15) is 0 Å². The van der Waals surface area contributed by atoms with E-state index in [0.717, 1.165) is 5.69 Å². The third-order valence-corrected chi connectivity index (χ3v) is 1.68. The summed E-state index contributed by atoms with van der Waals surface area (Å²) >= 11 is 0. The van der Waals surface area contributed by atoms with Crippen molar-refractivity contribution in [3.05, 3.63) is 30.3 Å². The largest absolute Gasteiger partial charge is 0.261 e. The van der Waals surface area contributed by atoms with E-state index in [9.17, 15) is 0 Å². The Balaban J connectivity index is 2.47. The lowest BCUT2D eigenvalue weighted by molar-refractivity contribution is 0.794. The minimum Gasteiger partial charge on any atom is -0.261 e. The maximum atomic E-state index is 8.52. The quantitative estimate of drug-likeness (QED) is 0.646. The number of rotatable bonds is 3. The van der Waals surface area contributed by atoms with Crippen molar-refractivity contribution in [3.8, 4) is 6.07 Å². The Morgan fingerprint density at radius 2 is 2.15 bits per heavy atom. The Morgan fingerprint density at radius 3 is 2.77 bits per heavy atom. The van der Waals surface area contributed by atoms with E-state index in [1.807, 2.05) is 37.3 Å². The summed E-state index contributed by atoms with van der Waals surface area (Å²) in [5.74, 6) is 0.0486. The van der Waals surface area contributed by atoms with E-state index in [2.05, 4.69) is 11.1 Å². The minimum atomic E-state index is 0.0486. The maximum absolute atomic E-state index is 8.52. The molecule has 0 bridgehead atoms. The van der Waals surface area contributed by atoms with Crippen molar-refractivity contribution in [3.63, 3.8) is 0 Å². The predicted octanol–water partition coefficient (Wildman–Crippen LogP) is 2.94. The van der Waals surface area contributed by atoms with Gasteiger partial charge in [0.2, 0.25) is 0 Å². The van der Waals surface area contributed by atoms with Crippen LogP contribution in [0.5, 0.6) is 0 Å². The van der Waals surface area contributed by atoms with Crippen LogP contribution >= 0.6 is 0 Å². The van der Waals surface area contributed by atoms with Crippen LogP contribution in [-0.4, -0.2) is 6.21 Å². The molecule has 0 aliphatic carbocycles. The first-order valence-electron chi connectivity index (χ1n) is 4.30. The third kappa shape index (κ3) is 3.53. The number of aliphatic imine (C=N–C) groups is 1. The molecule has 2 nitrogen and oxygen atoms in total. The standard InChI is InChI=1S/C11H12N2/c1-10(9-12)7-8-13-11-5-3-2-4-6-11/h2-6,8,10H,7H2,1H3/b13-8-. The van der Waals surface area contributed by atoms with Gasteiger partial charge in [-0.1, -0.05) is 18.2 Å². The molecule has 0 aromatic heterocycles. The number of benzene rings is 1. The molecule has 0 aliphatic heterocycles. The molecule has 1 rings (SSSR count). The minimum absolute atomic E-state index is 0.0486. The first kappa shape index (κ1) is 9.47. The van der Waals surface area contributed by atoms with Crippen LogP contribution in [0.2, 0.25) is 0 Å². The average Bonchev–Trinajstić information content (AvgIpc) is 2.19. The predicted molar refractivity (Wildman–Crippen MR) is 54.0 cm³/mol. The molecule has 2 heteroatoms. The fourth-order valence-corrected chi connectivity index (χ4v) is 0.883. The van der Waals surface area contributed by atoms with Gasteiger partial charge in [0.15, 0.2) is 0 Å². The van der Waals surface area contributed by atoms with Gasteiger partial charge in [-0.05, 0) is 25.5 Å². The highest BCUT2D eigenvalue weighted by Crippen LogP contribution is 2.09. The molecule has 1 aromatic carbocycles. The molecule has 0 saturated carbocycles. The summed E-state index contributed by atoms with van der Waals surface area (Å²) in [4.78, 5) is 4.22. The molecular formula is C11H12N2. The monoisotopic (exact) mass is 172 g/mol. The highest BCUT2D eigenvalue weighted by Gasteiger charge is 1.94. The molecule has 0 saturated heterocycles. The van der Waals surface area contributed by atoms with Crippen LogP contribution in [0, 0.1) is 17.2 Å². The second-order valence-electron chi connectivity index (χ2n) is 2.91.